The molecule has 6 unspecified atom stereocenters. The Morgan fingerprint density at radius 3 is 1.32 bits per heavy atom. The molecule has 8 aliphatic rings. The van der Waals surface area contributed by atoms with E-state index < -0.39 is 10.4 Å². The largest absolute Gasteiger partial charge is 0.397 e. The van der Waals surface area contributed by atoms with Crippen molar-refractivity contribution in [3.05, 3.63) is 0 Å². The van der Waals surface area contributed by atoms with Crippen LogP contribution in [0.15, 0.2) is 0 Å². The van der Waals surface area contributed by atoms with Crippen LogP contribution in [0.5, 0.6) is 0 Å². The molecule has 0 saturated heterocycles. The van der Waals surface area contributed by atoms with Crippen molar-refractivity contribution in [2.45, 2.75) is 209 Å². The smallest absolute Gasteiger partial charge is 0.393 e. The average Bonchev–Trinajstić information content (AvgIpc) is 3.73. The van der Waals surface area contributed by atoms with Gasteiger partial charge in [-0.05, 0) is 201 Å². The molecular weight excluding hydrogens is 773 g/mol. The fourth-order valence-corrected chi connectivity index (χ4v) is 19.4. The summed E-state index contributed by atoms with van der Waals surface area (Å²) in [4.78, 5) is 0. The van der Waals surface area contributed by atoms with Gasteiger partial charge in [-0.3, -0.25) is 4.55 Å². The van der Waals surface area contributed by atoms with E-state index >= 15 is 0 Å². The van der Waals surface area contributed by atoms with Gasteiger partial charge in [0.25, 0.3) is 0 Å². The van der Waals surface area contributed by atoms with E-state index in [0.29, 0.717) is 82.3 Å². The van der Waals surface area contributed by atoms with E-state index in [1.165, 1.54) is 44.9 Å². The summed E-state index contributed by atoms with van der Waals surface area (Å²) < 4.78 is 35.4. The lowest BCUT2D eigenvalue weighted by molar-refractivity contribution is -0.203. The lowest BCUT2D eigenvalue weighted by atomic mass is 9.41. The van der Waals surface area contributed by atoms with E-state index in [1.54, 1.807) is 0 Å². The van der Waals surface area contributed by atoms with Crippen LogP contribution in [0.25, 0.3) is 0 Å². The third-order valence-electron chi connectivity index (χ3n) is 21.9. The van der Waals surface area contributed by atoms with Gasteiger partial charge in [-0.1, -0.05) is 88.0 Å². The first-order valence-electron chi connectivity index (χ1n) is 25.5. The molecule has 8 fully saturated rings. The van der Waals surface area contributed by atoms with Crippen LogP contribution >= 0.6 is 0 Å². The molecule has 8 saturated carbocycles. The molecule has 8 nitrogen and oxygen atoms in total. The highest BCUT2D eigenvalue weighted by atomic mass is 32.3. The maximum absolute atomic E-state index is 11.7. The molecule has 0 heterocycles. The van der Waals surface area contributed by atoms with Crippen molar-refractivity contribution in [3.8, 4) is 0 Å². The minimum Gasteiger partial charge on any atom is -0.393 e. The predicted molar refractivity (Wildman–Crippen MR) is 239 cm³/mol. The van der Waals surface area contributed by atoms with E-state index in [-0.39, 0.29) is 47.8 Å². The summed E-state index contributed by atoms with van der Waals surface area (Å²) in [5, 5.41) is 44.3. The summed E-state index contributed by atoms with van der Waals surface area (Å²) in [6, 6.07) is 0. The van der Waals surface area contributed by atoms with E-state index in [4.69, 9.17) is 4.55 Å². The van der Waals surface area contributed by atoms with E-state index in [0.717, 1.165) is 82.5 Å². The van der Waals surface area contributed by atoms with Crippen LogP contribution in [0.2, 0.25) is 0 Å². The van der Waals surface area contributed by atoms with Gasteiger partial charge in [-0.25, -0.2) is 4.18 Å². The van der Waals surface area contributed by atoms with Crippen molar-refractivity contribution < 1.29 is 37.6 Å². The molecule has 0 aliphatic heterocycles. The Hall–Kier alpha value is -0.290. The maximum atomic E-state index is 11.7. The summed E-state index contributed by atoms with van der Waals surface area (Å²) in [5.74, 6) is 7.24. The number of rotatable bonds is 10. The molecule has 60 heavy (non-hydrogen) atoms. The molecule has 0 bridgehead atoms. The van der Waals surface area contributed by atoms with Crippen molar-refractivity contribution in [2.24, 2.45) is 105 Å². The Balaban J connectivity index is 0.000000183. The minimum atomic E-state index is -4.39. The van der Waals surface area contributed by atoms with Gasteiger partial charge in [0, 0.05) is 0 Å². The van der Waals surface area contributed by atoms with Gasteiger partial charge in [0.2, 0.25) is 0 Å². The molecule has 5 N–H and O–H groups in total. The molecule has 22 atom stereocenters. The van der Waals surface area contributed by atoms with Crippen molar-refractivity contribution in [1.82, 2.24) is 0 Å². The third-order valence-corrected chi connectivity index (χ3v) is 22.3. The highest BCUT2D eigenvalue weighted by Crippen LogP contribution is 2.71. The molecule has 348 valence electrons. The number of hydrogen-bond donors (Lipinski definition) is 5. The zero-order valence-electron chi connectivity index (χ0n) is 39.4. The Bertz CT molecular complexity index is 1570. The maximum Gasteiger partial charge on any atom is 0.397 e. The van der Waals surface area contributed by atoms with Gasteiger partial charge < -0.3 is 20.4 Å². The Morgan fingerprint density at radius 2 is 0.933 bits per heavy atom. The van der Waals surface area contributed by atoms with Crippen molar-refractivity contribution in [2.75, 3.05) is 6.61 Å². The zero-order chi connectivity index (χ0) is 43.7. The molecule has 0 amide bonds. The lowest BCUT2D eigenvalue weighted by Crippen LogP contribution is -2.62. The topological polar surface area (TPSA) is 145 Å². The van der Waals surface area contributed by atoms with Crippen LogP contribution in [0.3, 0.4) is 0 Å². The Labute approximate surface area is 366 Å². The third kappa shape index (κ3) is 8.06. The molecule has 8 rings (SSSR count). The molecule has 0 aromatic heterocycles. The molecule has 0 aromatic carbocycles. The number of hydrogen-bond acceptors (Lipinski definition) is 7. The number of aliphatic hydroxyl groups is 4. The van der Waals surface area contributed by atoms with Gasteiger partial charge in [-0.2, -0.15) is 8.42 Å². The van der Waals surface area contributed by atoms with Crippen molar-refractivity contribution >= 4 is 10.4 Å². The van der Waals surface area contributed by atoms with Gasteiger partial charge in [0.1, 0.15) is 0 Å². The van der Waals surface area contributed by atoms with Crippen LogP contribution in [0, 0.1) is 105 Å². The Kier molecular flexibility index (Phi) is 14.2. The van der Waals surface area contributed by atoms with Crippen LogP contribution < -0.4 is 0 Å². The summed E-state index contributed by atoms with van der Waals surface area (Å²) in [5.41, 5.74) is 1.12. The average molecular weight is 863 g/mol. The molecular formula is C51H90O8S. The lowest BCUT2D eigenvalue weighted by Gasteiger charge is -2.64. The number of aliphatic hydroxyl groups excluding tert-OH is 4. The summed E-state index contributed by atoms with van der Waals surface area (Å²) >= 11 is 0. The summed E-state index contributed by atoms with van der Waals surface area (Å²) in [7, 11) is -4.39. The zero-order valence-corrected chi connectivity index (χ0v) is 40.2. The molecule has 0 spiro atoms. The van der Waals surface area contributed by atoms with Crippen LogP contribution in [0.1, 0.15) is 184 Å². The molecule has 0 radical (unpaired) electrons. The fourth-order valence-electron chi connectivity index (χ4n) is 19.1. The van der Waals surface area contributed by atoms with Crippen molar-refractivity contribution in [3.63, 3.8) is 0 Å². The highest BCUT2D eigenvalue weighted by molar-refractivity contribution is 7.80. The van der Waals surface area contributed by atoms with Crippen LogP contribution in [-0.4, -0.2) is 64.4 Å². The van der Waals surface area contributed by atoms with E-state index in [2.05, 4.69) is 66.5 Å². The molecule has 8 aliphatic carbocycles. The first-order chi connectivity index (χ1) is 28.2. The fraction of sp³-hybridized carbons (Fsp3) is 1.00. The first kappa shape index (κ1) is 47.7. The second-order valence-corrected chi connectivity index (χ2v) is 25.1. The summed E-state index contributed by atoms with van der Waals surface area (Å²) in [6.07, 6.45) is 20.3. The number of fused-ring (bicyclic) bond motifs is 10. The normalized spacial score (nSPS) is 52.0. The minimum absolute atomic E-state index is 0.0198. The quantitative estimate of drug-likeness (QED) is 0.137. The predicted octanol–water partition coefficient (Wildman–Crippen LogP) is 10.5. The van der Waals surface area contributed by atoms with E-state index in [9.17, 15) is 28.8 Å². The van der Waals surface area contributed by atoms with Crippen molar-refractivity contribution in [1.29, 1.82) is 0 Å². The Morgan fingerprint density at radius 1 is 0.550 bits per heavy atom. The van der Waals surface area contributed by atoms with Crippen LogP contribution in [0.4, 0.5) is 0 Å². The second-order valence-electron chi connectivity index (χ2n) is 24.0. The van der Waals surface area contributed by atoms with Gasteiger partial charge >= 0.3 is 10.4 Å². The SMILES string of the molecule is CCC[C@@H](C)[C@H]1CCC2C3C(CC[C@@]21C)[C@@]1(C)CC[C@@H](O)C[C@H]1[C@@H](CC)[C@H]3O.CC[C@H]1[C@@H](O)C2C3CC[C@H]([C@H](C)CCOS(=O)(=O)O)[C@@]3(C)CCC2[C@@]2(C)CC[C@@H](O)C[C@@H]12. The van der Waals surface area contributed by atoms with Gasteiger partial charge in [0.15, 0.2) is 0 Å². The molecule has 9 heteroatoms. The van der Waals surface area contributed by atoms with Gasteiger partial charge in [0.05, 0.1) is 31.0 Å². The first-order valence-corrected chi connectivity index (χ1v) is 26.9. The standard InChI is InChI=1S/C26H46O2.C25H44O6S/c1-6-8-16(3)19-9-10-20-23-21(12-14-25(19,20)4)26(5)13-11-17(27)15-22(26)18(7-2)24(23)28;1-5-17-21-14-16(26)8-11-25(21,4)20-9-12-24(3)18(6-7-19(24)22(20)23(17)27)15(2)10-13-31-32(28,29)30/h16-24,27-28H,6-15H2,1-5H3;15-23,26-27H,5-14H2,1-4H3,(H,28,29,30)/t16-,17-,18-,19-,20?,21?,22+,23?,24-,25-,26-;15-,16-,17-,18-,19?,20?,21+,22?,23-,24-,25-/m11/s1. The molecule has 0 aromatic rings. The second kappa shape index (κ2) is 17.8. The monoisotopic (exact) mass is 863 g/mol. The highest BCUT2D eigenvalue weighted by Gasteiger charge is 2.66. The van der Waals surface area contributed by atoms with E-state index in [1.807, 2.05) is 0 Å². The summed E-state index contributed by atoms with van der Waals surface area (Å²) in [6.45, 7) is 21.5. The van der Waals surface area contributed by atoms with Crippen LogP contribution in [-0.2, 0) is 14.6 Å². The van der Waals surface area contributed by atoms with Gasteiger partial charge in [-0.15, -0.1) is 0 Å².